The first kappa shape index (κ1) is 31.5. The highest BCUT2D eigenvalue weighted by Gasteiger charge is 2.34. The van der Waals surface area contributed by atoms with E-state index in [1.54, 1.807) is 0 Å². The summed E-state index contributed by atoms with van der Waals surface area (Å²) in [6.07, 6.45) is 0. The summed E-state index contributed by atoms with van der Waals surface area (Å²) in [7, 11) is -2.33. The molecule has 3 heteroatoms. The summed E-state index contributed by atoms with van der Waals surface area (Å²) in [5.74, 6) is 0. The van der Waals surface area contributed by atoms with Crippen LogP contribution in [0.2, 0.25) is 0 Å². The summed E-state index contributed by atoms with van der Waals surface area (Å²) >= 11 is 0. The Bertz CT molecular complexity index is 1300. The first-order chi connectivity index (χ1) is 17.5. The van der Waals surface area contributed by atoms with Gasteiger partial charge in [-0.25, -0.2) is 0 Å². The molecule has 0 aliphatic heterocycles. The van der Waals surface area contributed by atoms with Gasteiger partial charge in [0.2, 0.25) is 0 Å². The number of aryl methyl sites for hydroxylation is 2. The van der Waals surface area contributed by atoms with Crippen LogP contribution in [0.1, 0.15) is 116 Å². The van der Waals surface area contributed by atoms with Crippen LogP contribution in [0.25, 0.3) is 22.3 Å². The van der Waals surface area contributed by atoms with Gasteiger partial charge < -0.3 is 9.79 Å². The fourth-order valence-corrected chi connectivity index (χ4v) is 6.33. The Morgan fingerprint density at radius 1 is 0.487 bits per heavy atom. The second kappa shape index (κ2) is 10.4. The average molecular weight is 547 g/mol. The SMILES string of the molecule is Cc1cc(C(C)(C)C)c(-c2cccc(P(O)O)c2-c2c(C(C)(C)C)cc(C)cc2C(C)(C)C)c(C(C)(C)C)c1. The van der Waals surface area contributed by atoms with Crippen LogP contribution in [0.3, 0.4) is 0 Å². The van der Waals surface area contributed by atoms with Gasteiger partial charge in [0.25, 0.3) is 0 Å². The van der Waals surface area contributed by atoms with E-state index in [4.69, 9.17) is 0 Å². The predicted molar refractivity (Wildman–Crippen MR) is 173 cm³/mol. The molecule has 0 bridgehead atoms. The predicted octanol–water partition coefficient (Wildman–Crippen LogP) is 9.75. The molecule has 39 heavy (non-hydrogen) atoms. The van der Waals surface area contributed by atoms with Crippen molar-refractivity contribution < 1.29 is 9.79 Å². The molecule has 0 radical (unpaired) electrons. The molecule has 0 aromatic heterocycles. The molecular formula is C36H51O2P. The Hall–Kier alpha value is -1.99. The maximum Gasteiger partial charge on any atom is 0.200 e. The third kappa shape index (κ3) is 6.51. The van der Waals surface area contributed by atoms with Crippen LogP contribution < -0.4 is 5.30 Å². The van der Waals surface area contributed by atoms with Gasteiger partial charge in [0, 0.05) is 10.9 Å². The van der Waals surface area contributed by atoms with Crippen molar-refractivity contribution in [1.82, 2.24) is 0 Å². The van der Waals surface area contributed by atoms with Crippen molar-refractivity contribution in [2.45, 2.75) is 119 Å². The Kier molecular flexibility index (Phi) is 8.44. The van der Waals surface area contributed by atoms with Crippen molar-refractivity contribution in [2.75, 3.05) is 0 Å². The van der Waals surface area contributed by atoms with E-state index in [1.807, 2.05) is 12.1 Å². The van der Waals surface area contributed by atoms with Crippen molar-refractivity contribution >= 4 is 13.7 Å². The molecule has 2 N–H and O–H groups in total. The van der Waals surface area contributed by atoms with E-state index in [0.29, 0.717) is 5.30 Å². The van der Waals surface area contributed by atoms with Gasteiger partial charge in [-0.2, -0.15) is 0 Å². The van der Waals surface area contributed by atoms with Crippen molar-refractivity contribution in [2.24, 2.45) is 0 Å². The molecule has 3 aromatic rings. The Morgan fingerprint density at radius 2 is 0.821 bits per heavy atom. The zero-order chi connectivity index (χ0) is 29.9. The van der Waals surface area contributed by atoms with Crippen LogP contribution in [-0.2, 0) is 21.7 Å². The van der Waals surface area contributed by atoms with Gasteiger partial charge in [-0.1, -0.05) is 131 Å². The number of rotatable bonds is 3. The highest BCUT2D eigenvalue weighted by molar-refractivity contribution is 7.54. The monoisotopic (exact) mass is 546 g/mol. The van der Waals surface area contributed by atoms with E-state index in [0.717, 1.165) is 16.7 Å². The summed E-state index contributed by atoms with van der Waals surface area (Å²) in [4.78, 5) is 21.8. The maximum atomic E-state index is 10.9. The fraction of sp³-hybridized carbons (Fsp3) is 0.500. The summed E-state index contributed by atoms with van der Waals surface area (Å²) in [6.45, 7) is 31.6. The van der Waals surface area contributed by atoms with E-state index in [-0.39, 0.29) is 21.7 Å². The number of hydrogen-bond donors (Lipinski definition) is 2. The smallest absolute Gasteiger partial charge is 0.200 e. The minimum atomic E-state index is -2.33. The van der Waals surface area contributed by atoms with Crippen LogP contribution in [-0.4, -0.2) is 9.79 Å². The zero-order valence-corrected chi connectivity index (χ0v) is 27.8. The number of benzene rings is 3. The van der Waals surface area contributed by atoms with Gasteiger partial charge in [-0.3, -0.25) is 0 Å². The van der Waals surface area contributed by atoms with Gasteiger partial charge in [0.1, 0.15) is 0 Å². The Morgan fingerprint density at radius 3 is 1.13 bits per heavy atom. The van der Waals surface area contributed by atoms with Crippen LogP contribution in [0.5, 0.6) is 0 Å². The molecule has 0 spiro atoms. The molecule has 3 aromatic carbocycles. The standard InChI is InChI=1S/C36H51O2P/c1-22-18-25(33(3,4)5)30(26(19-22)34(6,7)8)24-16-15-17-29(39(37)38)31(24)32-27(35(9,10)11)20-23(2)21-28(32)36(12,13)14/h15-21,37-38H,1-14H3. The molecule has 0 saturated heterocycles. The highest BCUT2D eigenvalue weighted by atomic mass is 31.2. The molecule has 0 aliphatic carbocycles. The van der Waals surface area contributed by atoms with Gasteiger partial charge in [0.15, 0.2) is 8.38 Å². The third-order valence-electron chi connectivity index (χ3n) is 7.57. The lowest BCUT2D eigenvalue weighted by Crippen LogP contribution is -2.23. The molecule has 0 heterocycles. The van der Waals surface area contributed by atoms with Crippen molar-refractivity contribution in [3.05, 3.63) is 75.8 Å². The maximum absolute atomic E-state index is 10.9. The molecule has 0 unspecified atom stereocenters. The summed E-state index contributed by atoms with van der Waals surface area (Å²) in [5, 5.41) is 0.614. The molecule has 0 fully saturated rings. The lowest BCUT2D eigenvalue weighted by atomic mass is 9.70. The fourth-order valence-electron chi connectivity index (χ4n) is 5.68. The van der Waals surface area contributed by atoms with Crippen molar-refractivity contribution in [1.29, 1.82) is 0 Å². The van der Waals surface area contributed by atoms with Gasteiger partial charge in [0.05, 0.1) is 0 Å². The highest BCUT2D eigenvalue weighted by Crippen LogP contribution is 2.50. The molecule has 0 atom stereocenters. The van der Waals surface area contributed by atoms with Crippen LogP contribution in [0.4, 0.5) is 0 Å². The van der Waals surface area contributed by atoms with E-state index in [9.17, 15) is 9.79 Å². The number of hydrogen-bond acceptors (Lipinski definition) is 2. The average Bonchev–Trinajstić information content (AvgIpc) is 2.75. The third-order valence-corrected chi connectivity index (χ3v) is 8.38. The minimum Gasteiger partial charge on any atom is -0.347 e. The minimum absolute atomic E-state index is 0.106. The molecular weight excluding hydrogens is 495 g/mol. The summed E-state index contributed by atoms with van der Waals surface area (Å²) in [6, 6.07) is 15.4. The first-order valence-corrected chi connectivity index (χ1v) is 15.4. The van der Waals surface area contributed by atoms with E-state index >= 15 is 0 Å². The lowest BCUT2D eigenvalue weighted by molar-refractivity contribution is 0.497. The van der Waals surface area contributed by atoms with Crippen LogP contribution in [0.15, 0.2) is 42.5 Å². The van der Waals surface area contributed by atoms with Gasteiger partial charge in [-0.05, 0) is 80.5 Å². The molecule has 212 valence electrons. The topological polar surface area (TPSA) is 40.5 Å². The molecule has 0 aliphatic rings. The normalized spacial score (nSPS) is 13.4. The van der Waals surface area contributed by atoms with Crippen LogP contribution >= 0.6 is 8.38 Å². The molecule has 3 rings (SSSR count). The lowest BCUT2D eigenvalue weighted by Gasteiger charge is -2.35. The molecule has 0 amide bonds. The van der Waals surface area contributed by atoms with E-state index in [2.05, 4.69) is 127 Å². The van der Waals surface area contributed by atoms with Crippen molar-refractivity contribution in [3.63, 3.8) is 0 Å². The summed E-state index contributed by atoms with van der Waals surface area (Å²) in [5.41, 5.74) is 11.4. The second-order valence-corrected chi connectivity index (χ2v) is 16.5. The molecule has 2 nitrogen and oxygen atoms in total. The zero-order valence-electron chi connectivity index (χ0n) is 26.9. The van der Waals surface area contributed by atoms with Gasteiger partial charge in [-0.15, -0.1) is 0 Å². The second-order valence-electron chi connectivity index (χ2n) is 15.5. The largest absolute Gasteiger partial charge is 0.347 e. The van der Waals surface area contributed by atoms with Gasteiger partial charge >= 0.3 is 0 Å². The first-order valence-electron chi connectivity index (χ1n) is 14.2. The van der Waals surface area contributed by atoms with Crippen molar-refractivity contribution in [3.8, 4) is 22.3 Å². The molecule has 0 saturated carbocycles. The Labute approximate surface area is 239 Å². The van der Waals surface area contributed by atoms with E-state index < -0.39 is 8.38 Å². The van der Waals surface area contributed by atoms with Crippen LogP contribution in [0, 0.1) is 13.8 Å². The van der Waals surface area contributed by atoms with E-state index in [1.165, 1.54) is 38.9 Å². The quantitative estimate of drug-likeness (QED) is 0.321. The summed E-state index contributed by atoms with van der Waals surface area (Å²) < 4.78 is 0. The Balaban J connectivity index is 2.75.